The quantitative estimate of drug-likeness (QED) is 0.664. The summed E-state index contributed by atoms with van der Waals surface area (Å²) in [5.41, 5.74) is 5.08. The van der Waals surface area contributed by atoms with Gasteiger partial charge >= 0.3 is 0 Å². The van der Waals surface area contributed by atoms with Crippen LogP contribution in [0.2, 0.25) is 0 Å². The molecule has 0 unspecified atom stereocenters. The van der Waals surface area contributed by atoms with Gasteiger partial charge in [-0.25, -0.2) is 5.48 Å². The second-order valence-corrected chi connectivity index (χ2v) is 5.67. The SMILES string of the molecule is Cc1ccc(C(=O)NOCc2ccccc2)cc1NC(=O)c1ccco1. The fourth-order valence-corrected chi connectivity index (χ4v) is 2.31. The number of carbonyl (C=O) groups is 2. The van der Waals surface area contributed by atoms with Gasteiger partial charge < -0.3 is 9.73 Å². The van der Waals surface area contributed by atoms with E-state index in [2.05, 4.69) is 10.8 Å². The second kappa shape index (κ2) is 8.13. The van der Waals surface area contributed by atoms with Gasteiger partial charge in [0.15, 0.2) is 5.76 Å². The molecule has 2 aromatic carbocycles. The minimum Gasteiger partial charge on any atom is -0.459 e. The molecule has 6 heteroatoms. The van der Waals surface area contributed by atoms with Crippen LogP contribution in [0.25, 0.3) is 0 Å². The van der Waals surface area contributed by atoms with Crippen LogP contribution in [0.5, 0.6) is 0 Å². The molecule has 0 aliphatic heterocycles. The average molecular weight is 350 g/mol. The first-order valence-electron chi connectivity index (χ1n) is 8.05. The number of hydrogen-bond donors (Lipinski definition) is 2. The Balaban J connectivity index is 1.62. The van der Waals surface area contributed by atoms with E-state index in [1.807, 2.05) is 37.3 Å². The zero-order valence-electron chi connectivity index (χ0n) is 14.2. The van der Waals surface area contributed by atoms with Crippen molar-refractivity contribution in [1.29, 1.82) is 0 Å². The zero-order chi connectivity index (χ0) is 18.4. The number of anilines is 1. The van der Waals surface area contributed by atoms with Crippen molar-refractivity contribution in [3.05, 3.63) is 89.4 Å². The molecule has 2 N–H and O–H groups in total. The lowest BCUT2D eigenvalue weighted by Gasteiger charge is -2.10. The molecule has 0 saturated carbocycles. The summed E-state index contributed by atoms with van der Waals surface area (Å²) in [7, 11) is 0. The van der Waals surface area contributed by atoms with Gasteiger partial charge in [0.05, 0.1) is 12.9 Å². The minimum atomic E-state index is -0.394. The molecule has 26 heavy (non-hydrogen) atoms. The van der Waals surface area contributed by atoms with Crippen molar-refractivity contribution in [3.63, 3.8) is 0 Å². The number of benzene rings is 2. The first kappa shape index (κ1) is 17.4. The molecular formula is C20H18N2O4. The molecule has 0 spiro atoms. The summed E-state index contributed by atoms with van der Waals surface area (Å²) in [6.45, 7) is 2.10. The maximum atomic E-state index is 12.2. The van der Waals surface area contributed by atoms with E-state index in [0.717, 1.165) is 11.1 Å². The van der Waals surface area contributed by atoms with Crippen LogP contribution in [0.4, 0.5) is 5.69 Å². The third-order valence-corrected chi connectivity index (χ3v) is 3.74. The summed E-state index contributed by atoms with van der Waals surface area (Å²) in [6.07, 6.45) is 1.43. The summed E-state index contributed by atoms with van der Waals surface area (Å²) in [5.74, 6) is -0.573. The fraction of sp³-hybridized carbons (Fsp3) is 0.100. The second-order valence-electron chi connectivity index (χ2n) is 5.67. The van der Waals surface area contributed by atoms with Gasteiger partial charge in [-0.1, -0.05) is 36.4 Å². The van der Waals surface area contributed by atoms with Gasteiger partial charge in [-0.3, -0.25) is 14.4 Å². The molecule has 0 aliphatic carbocycles. The normalized spacial score (nSPS) is 10.3. The standard InChI is InChI=1S/C20H18N2O4/c1-14-9-10-16(12-17(14)21-20(24)18-8-5-11-25-18)19(23)22-26-13-15-6-3-2-4-7-15/h2-12H,13H2,1H3,(H,21,24)(H,22,23). The van der Waals surface area contributed by atoms with Crippen LogP contribution in [0.1, 0.15) is 32.0 Å². The number of nitrogens with one attached hydrogen (secondary N) is 2. The molecule has 1 aromatic heterocycles. The molecule has 0 radical (unpaired) electrons. The van der Waals surface area contributed by atoms with E-state index in [0.29, 0.717) is 11.3 Å². The zero-order valence-corrected chi connectivity index (χ0v) is 14.2. The van der Waals surface area contributed by atoms with Gasteiger partial charge in [-0.05, 0) is 42.3 Å². The molecule has 2 amide bonds. The van der Waals surface area contributed by atoms with Crippen molar-refractivity contribution in [2.45, 2.75) is 13.5 Å². The Morgan fingerprint density at radius 1 is 1.00 bits per heavy atom. The van der Waals surface area contributed by atoms with Gasteiger partial charge in [0.1, 0.15) is 0 Å². The van der Waals surface area contributed by atoms with Crippen LogP contribution >= 0.6 is 0 Å². The predicted molar refractivity (Wildman–Crippen MR) is 96.5 cm³/mol. The van der Waals surface area contributed by atoms with Crippen LogP contribution in [-0.4, -0.2) is 11.8 Å². The summed E-state index contributed by atoms with van der Waals surface area (Å²) in [6, 6.07) is 17.7. The molecule has 3 aromatic rings. The number of aryl methyl sites for hydroxylation is 1. The number of hydrogen-bond acceptors (Lipinski definition) is 4. The highest BCUT2D eigenvalue weighted by molar-refractivity contribution is 6.03. The van der Waals surface area contributed by atoms with Crippen LogP contribution in [-0.2, 0) is 11.4 Å². The Kier molecular flexibility index (Phi) is 5.46. The molecule has 0 atom stereocenters. The summed E-state index contributed by atoms with van der Waals surface area (Å²) in [4.78, 5) is 29.6. The van der Waals surface area contributed by atoms with E-state index in [4.69, 9.17) is 9.25 Å². The van der Waals surface area contributed by atoms with Crippen LogP contribution in [0.3, 0.4) is 0 Å². The van der Waals surface area contributed by atoms with Crippen LogP contribution in [0.15, 0.2) is 71.3 Å². The number of amides is 2. The highest BCUT2D eigenvalue weighted by Crippen LogP contribution is 2.18. The molecule has 0 fully saturated rings. The summed E-state index contributed by atoms with van der Waals surface area (Å²) >= 11 is 0. The summed E-state index contributed by atoms with van der Waals surface area (Å²) in [5, 5.41) is 2.74. The summed E-state index contributed by atoms with van der Waals surface area (Å²) < 4.78 is 5.07. The van der Waals surface area contributed by atoms with Crippen molar-refractivity contribution < 1.29 is 18.8 Å². The van der Waals surface area contributed by atoms with Gasteiger partial charge in [-0.2, -0.15) is 0 Å². The van der Waals surface area contributed by atoms with Crippen molar-refractivity contribution in [2.75, 3.05) is 5.32 Å². The van der Waals surface area contributed by atoms with Crippen molar-refractivity contribution >= 4 is 17.5 Å². The number of rotatable bonds is 6. The Bertz CT molecular complexity index is 889. The van der Waals surface area contributed by atoms with E-state index in [1.165, 1.54) is 6.26 Å². The van der Waals surface area contributed by atoms with Crippen molar-refractivity contribution in [1.82, 2.24) is 5.48 Å². The molecule has 0 saturated heterocycles. The fourth-order valence-electron chi connectivity index (χ4n) is 2.31. The van der Waals surface area contributed by atoms with E-state index in [-0.39, 0.29) is 18.3 Å². The van der Waals surface area contributed by atoms with E-state index in [9.17, 15) is 9.59 Å². The largest absolute Gasteiger partial charge is 0.459 e. The van der Waals surface area contributed by atoms with E-state index >= 15 is 0 Å². The maximum absolute atomic E-state index is 12.2. The Morgan fingerprint density at radius 3 is 2.54 bits per heavy atom. The van der Waals surface area contributed by atoms with E-state index in [1.54, 1.807) is 30.3 Å². The van der Waals surface area contributed by atoms with Crippen molar-refractivity contribution in [2.24, 2.45) is 0 Å². The highest BCUT2D eigenvalue weighted by atomic mass is 16.6. The molecule has 1 heterocycles. The molecule has 3 rings (SSSR count). The van der Waals surface area contributed by atoms with Gasteiger partial charge in [0.25, 0.3) is 11.8 Å². The molecule has 0 aliphatic rings. The minimum absolute atomic E-state index is 0.199. The molecule has 132 valence electrons. The van der Waals surface area contributed by atoms with Gasteiger partial charge in [-0.15, -0.1) is 0 Å². The van der Waals surface area contributed by atoms with Crippen LogP contribution in [0, 0.1) is 6.92 Å². The third-order valence-electron chi connectivity index (χ3n) is 3.74. The van der Waals surface area contributed by atoms with Gasteiger partial charge in [0.2, 0.25) is 0 Å². The first-order valence-corrected chi connectivity index (χ1v) is 8.05. The molecule has 0 bridgehead atoms. The number of hydroxylamine groups is 1. The smallest absolute Gasteiger partial charge is 0.291 e. The van der Waals surface area contributed by atoms with E-state index < -0.39 is 5.91 Å². The lowest BCUT2D eigenvalue weighted by atomic mass is 10.1. The molecular weight excluding hydrogens is 332 g/mol. The number of carbonyl (C=O) groups excluding carboxylic acids is 2. The lowest BCUT2D eigenvalue weighted by Crippen LogP contribution is -2.24. The lowest BCUT2D eigenvalue weighted by molar-refractivity contribution is 0.0233. The average Bonchev–Trinajstić information content (AvgIpc) is 3.19. The Morgan fingerprint density at radius 2 is 1.81 bits per heavy atom. The van der Waals surface area contributed by atoms with Gasteiger partial charge in [0, 0.05) is 11.3 Å². The van der Waals surface area contributed by atoms with Crippen LogP contribution < -0.4 is 10.8 Å². The Labute approximate surface area is 150 Å². The third kappa shape index (κ3) is 4.37. The topological polar surface area (TPSA) is 80.6 Å². The molecule has 6 nitrogen and oxygen atoms in total. The maximum Gasteiger partial charge on any atom is 0.291 e. The Hall–Kier alpha value is -3.38. The highest BCUT2D eigenvalue weighted by Gasteiger charge is 2.13. The predicted octanol–water partition coefficient (Wildman–Crippen LogP) is 3.70. The van der Waals surface area contributed by atoms with Crippen molar-refractivity contribution in [3.8, 4) is 0 Å². The first-order chi connectivity index (χ1) is 12.6. The monoisotopic (exact) mass is 350 g/mol. The number of furan rings is 1.